The van der Waals surface area contributed by atoms with E-state index < -0.39 is 42.1 Å². The number of nitriles is 1. The van der Waals surface area contributed by atoms with Gasteiger partial charge < -0.3 is 33.3 Å². The summed E-state index contributed by atoms with van der Waals surface area (Å²) in [5, 5.41) is 11.8. The molecule has 1 aliphatic heterocycles. The van der Waals surface area contributed by atoms with Crippen molar-refractivity contribution in [3.8, 4) is 17.6 Å². The highest BCUT2D eigenvalue weighted by molar-refractivity contribution is 8.09. The van der Waals surface area contributed by atoms with Gasteiger partial charge in [0.05, 0.1) is 46.0 Å². The Kier molecular flexibility index (Phi) is 12.9. The maximum atomic E-state index is 13.5. The molecule has 0 spiro atoms. The SMILES string of the molecule is COc1ccc(C(OC[C@H]2O[C@@H](n3ccc(NC(=O)c4ccccc4)nc3=O)C[C@@H]2O[P@@](C)(=S)OCCC#N)(c2ccccc2)c2ccc(OC)cc2)cc1. The number of carbonyl (C=O) groups excluding carboxylic acids is 1. The molecule has 1 aliphatic rings. The molecule has 0 radical (unpaired) electrons. The summed E-state index contributed by atoms with van der Waals surface area (Å²) in [6.45, 7) is -1.07. The molecule has 0 aliphatic carbocycles. The number of nitrogens with one attached hydrogen (secondary N) is 1. The van der Waals surface area contributed by atoms with Crippen LogP contribution in [0.5, 0.6) is 11.5 Å². The maximum Gasteiger partial charge on any atom is 0.351 e. The number of anilines is 1. The van der Waals surface area contributed by atoms with Crippen LogP contribution < -0.4 is 20.5 Å². The van der Waals surface area contributed by atoms with E-state index in [0.29, 0.717) is 17.1 Å². The van der Waals surface area contributed by atoms with Crippen LogP contribution in [0.4, 0.5) is 5.82 Å². The summed E-state index contributed by atoms with van der Waals surface area (Å²) >= 11 is 5.78. The summed E-state index contributed by atoms with van der Waals surface area (Å²) in [5.41, 5.74) is 1.15. The molecule has 1 N–H and O–H groups in total. The van der Waals surface area contributed by atoms with Crippen molar-refractivity contribution in [1.29, 1.82) is 5.26 Å². The van der Waals surface area contributed by atoms with Crippen LogP contribution in [0.25, 0.3) is 0 Å². The Morgan fingerprint density at radius 1 is 0.927 bits per heavy atom. The van der Waals surface area contributed by atoms with Crippen molar-refractivity contribution < 1.29 is 32.8 Å². The Morgan fingerprint density at radius 3 is 2.07 bits per heavy atom. The largest absolute Gasteiger partial charge is 0.497 e. The zero-order valence-electron chi connectivity index (χ0n) is 30.6. The molecule has 12 nitrogen and oxygen atoms in total. The minimum Gasteiger partial charge on any atom is -0.497 e. The molecule has 0 unspecified atom stereocenters. The molecular weight excluding hydrogens is 740 g/mol. The molecule has 55 heavy (non-hydrogen) atoms. The third-order valence-corrected chi connectivity index (χ3v) is 11.0. The Morgan fingerprint density at radius 2 is 1.51 bits per heavy atom. The first kappa shape index (κ1) is 39.5. The minimum atomic E-state index is -2.88. The number of ether oxygens (including phenoxy) is 4. The summed E-state index contributed by atoms with van der Waals surface area (Å²) < 4.78 is 38.4. The van der Waals surface area contributed by atoms with E-state index in [9.17, 15) is 9.59 Å². The molecule has 6 rings (SSSR count). The van der Waals surface area contributed by atoms with Crippen LogP contribution in [-0.4, -0.2) is 61.8 Å². The van der Waals surface area contributed by atoms with Crippen LogP contribution in [0.2, 0.25) is 0 Å². The van der Waals surface area contributed by atoms with Crippen molar-refractivity contribution in [3.05, 3.63) is 154 Å². The fourth-order valence-electron chi connectivity index (χ4n) is 6.43. The predicted molar refractivity (Wildman–Crippen MR) is 211 cm³/mol. The van der Waals surface area contributed by atoms with Crippen molar-refractivity contribution in [2.24, 2.45) is 0 Å². The van der Waals surface area contributed by atoms with Gasteiger partial charge in [0, 0.05) is 24.8 Å². The highest BCUT2D eigenvalue weighted by Crippen LogP contribution is 2.50. The van der Waals surface area contributed by atoms with E-state index in [1.807, 2.05) is 84.9 Å². The molecule has 0 saturated carbocycles. The van der Waals surface area contributed by atoms with Crippen LogP contribution >= 0.6 is 6.49 Å². The van der Waals surface area contributed by atoms with Crippen LogP contribution in [0, 0.1) is 11.3 Å². The van der Waals surface area contributed by atoms with E-state index in [-0.39, 0.29) is 31.9 Å². The molecule has 14 heteroatoms. The average molecular weight is 781 g/mol. The Balaban J connectivity index is 1.34. The maximum absolute atomic E-state index is 13.5. The highest BCUT2D eigenvalue weighted by atomic mass is 32.5. The first-order chi connectivity index (χ1) is 26.7. The summed E-state index contributed by atoms with van der Waals surface area (Å²) in [7, 11) is 3.23. The van der Waals surface area contributed by atoms with E-state index in [1.54, 1.807) is 45.1 Å². The van der Waals surface area contributed by atoms with Gasteiger partial charge in [-0.05, 0) is 71.0 Å². The quantitative estimate of drug-likeness (QED) is 0.0625. The molecule has 1 aromatic heterocycles. The molecule has 2 heterocycles. The smallest absolute Gasteiger partial charge is 0.351 e. The molecule has 1 fully saturated rings. The van der Waals surface area contributed by atoms with Gasteiger partial charge in [0.15, 0.2) is 6.49 Å². The second kappa shape index (κ2) is 18.0. The summed E-state index contributed by atoms with van der Waals surface area (Å²) in [6, 6.07) is 37.4. The first-order valence-electron chi connectivity index (χ1n) is 17.5. The van der Waals surface area contributed by atoms with E-state index in [4.69, 9.17) is 45.1 Å². The number of hydrogen-bond acceptors (Lipinski definition) is 11. The number of aromatic nitrogens is 2. The molecule has 284 valence electrons. The van der Waals surface area contributed by atoms with Gasteiger partial charge in [-0.25, -0.2) is 4.79 Å². The lowest BCUT2D eigenvalue weighted by Crippen LogP contribution is -2.38. The van der Waals surface area contributed by atoms with Crippen molar-refractivity contribution in [2.45, 2.75) is 36.9 Å². The number of nitrogens with zero attached hydrogens (tertiary/aromatic N) is 3. The monoisotopic (exact) mass is 780 g/mol. The molecule has 1 amide bonds. The van der Waals surface area contributed by atoms with E-state index in [1.165, 1.54) is 16.8 Å². The number of benzene rings is 4. The minimum absolute atomic E-state index is 0.00492. The molecule has 5 aromatic rings. The molecule has 0 bridgehead atoms. The van der Waals surface area contributed by atoms with Crippen LogP contribution in [0.15, 0.2) is 126 Å². The van der Waals surface area contributed by atoms with Gasteiger partial charge in [0.25, 0.3) is 5.91 Å². The zero-order valence-corrected chi connectivity index (χ0v) is 32.3. The lowest BCUT2D eigenvalue weighted by atomic mass is 9.80. The molecule has 1 saturated heterocycles. The third-order valence-electron chi connectivity index (χ3n) is 9.10. The van der Waals surface area contributed by atoms with Crippen molar-refractivity contribution >= 4 is 30.0 Å². The fourth-order valence-corrected chi connectivity index (χ4v) is 8.18. The number of carbonyl (C=O) groups is 1. The summed E-state index contributed by atoms with van der Waals surface area (Å²) in [4.78, 5) is 30.3. The van der Waals surface area contributed by atoms with Crippen molar-refractivity contribution in [2.75, 3.05) is 39.4 Å². The van der Waals surface area contributed by atoms with Crippen molar-refractivity contribution in [1.82, 2.24) is 9.55 Å². The van der Waals surface area contributed by atoms with Gasteiger partial charge in [0.1, 0.15) is 35.2 Å². The van der Waals surface area contributed by atoms with Crippen LogP contribution in [-0.2, 0) is 35.9 Å². The Labute approximate surface area is 324 Å². The molecule has 4 aromatic carbocycles. The van der Waals surface area contributed by atoms with E-state index >= 15 is 0 Å². The van der Waals surface area contributed by atoms with E-state index in [0.717, 1.165) is 16.7 Å². The van der Waals surface area contributed by atoms with Gasteiger partial charge in [-0.15, -0.1) is 0 Å². The van der Waals surface area contributed by atoms with Gasteiger partial charge in [-0.1, -0.05) is 72.8 Å². The van der Waals surface area contributed by atoms with Gasteiger partial charge in [0.2, 0.25) is 0 Å². The third kappa shape index (κ3) is 9.37. The van der Waals surface area contributed by atoms with E-state index in [2.05, 4.69) is 16.4 Å². The van der Waals surface area contributed by atoms with Gasteiger partial charge in [-0.3, -0.25) is 9.36 Å². The number of rotatable bonds is 16. The fraction of sp³-hybridized carbons (Fsp3) is 0.268. The predicted octanol–water partition coefficient (Wildman–Crippen LogP) is 7.06. The Hall–Kier alpha value is -5.19. The summed E-state index contributed by atoms with van der Waals surface area (Å²) in [6.07, 6.45) is -0.343. The second-order valence-corrected chi connectivity index (χ2v) is 16.7. The zero-order chi connectivity index (χ0) is 38.8. The first-order valence-corrected chi connectivity index (χ1v) is 20.6. The Bertz CT molecular complexity index is 2150. The number of methoxy groups -OCH3 is 2. The second-order valence-electron chi connectivity index (χ2n) is 12.7. The summed E-state index contributed by atoms with van der Waals surface area (Å²) in [5.74, 6) is 1.08. The lowest BCUT2D eigenvalue weighted by Gasteiger charge is -2.37. The topological polar surface area (TPSA) is 143 Å². The van der Waals surface area contributed by atoms with Gasteiger partial charge in [-0.2, -0.15) is 10.2 Å². The molecular formula is C41H41N4O8PS. The normalized spacial score (nSPS) is 17.8. The molecule has 4 atom stereocenters. The average Bonchev–Trinajstić information content (AvgIpc) is 3.60. The number of amides is 1. The van der Waals surface area contributed by atoms with Crippen molar-refractivity contribution in [3.63, 3.8) is 0 Å². The van der Waals surface area contributed by atoms with Crippen LogP contribution in [0.1, 0.15) is 46.1 Å². The number of hydrogen-bond donors (Lipinski definition) is 1. The standard InChI is InChI=1S/C41H41N4O8PS/c1-48-33-19-15-31(16-20-33)41(30-13-8-5-9-14-30,32-17-21-34(49-2)22-18-32)50-28-36-35(53-54(3,55)51-26-10-24-42)27-38(52-36)45-25-23-37(44-40(45)47)43-39(46)29-11-6-4-7-12-29/h4-9,11-23,25,35-36,38H,10,26-28H2,1-3H3,(H,43,44,46,47)/t35-,36+,38+,54-/m0/s1. The van der Waals surface area contributed by atoms with Crippen LogP contribution in [0.3, 0.4) is 0 Å². The lowest BCUT2D eigenvalue weighted by molar-refractivity contribution is -0.0917. The highest BCUT2D eigenvalue weighted by Gasteiger charge is 2.44. The van der Waals surface area contributed by atoms with Gasteiger partial charge >= 0.3 is 5.69 Å².